The Labute approximate surface area is 190 Å². The Morgan fingerprint density at radius 3 is 1.89 bits per heavy atom. The first kappa shape index (κ1) is 28.6. The first-order valence-electron chi connectivity index (χ1n) is 8.80. The molecule has 36 heavy (non-hydrogen) atoms. The Kier molecular flexibility index (Phi) is 8.08. The number of esters is 3. The van der Waals surface area contributed by atoms with Crippen LogP contribution in [0.4, 0.5) is 45.3 Å². The molecule has 2 heterocycles. The van der Waals surface area contributed by atoms with E-state index in [2.05, 4.69) is 19.2 Å². The van der Waals surface area contributed by atoms with Gasteiger partial charge < -0.3 is 18.9 Å². The summed E-state index contributed by atoms with van der Waals surface area (Å²) in [5, 5.41) is 8.74. The van der Waals surface area contributed by atoms with Gasteiger partial charge in [-0.15, -0.1) is 0 Å². The van der Waals surface area contributed by atoms with Crippen molar-refractivity contribution in [1.29, 1.82) is 0 Å². The minimum atomic E-state index is -5.81. The van der Waals surface area contributed by atoms with Crippen molar-refractivity contribution >= 4 is 23.7 Å². The molecule has 21 heteroatoms. The Morgan fingerprint density at radius 1 is 0.944 bits per heavy atom. The summed E-state index contributed by atoms with van der Waals surface area (Å²) in [6, 6.07) is 0.751. The van der Waals surface area contributed by atoms with Crippen LogP contribution in [-0.4, -0.2) is 76.1 Å². The van der Waals surface area contributed by atoms with Crippen molar-refractivity contribution in [1.82, 2.24) is 9.55 Å². The molecule has 1 aliphatic rings. The van der Waals surface area contributed by atoms with Crippen molar-refractivity contribution in [3.05, 3.63) is 22.7 Å². The highest BCUT2D eigenvalue weighted by molar-refractivity contribution is 5.77. The standard InChI is InChI=1S/C15H10F9N3O9/c16-13(17,18)9(28)33-3-4-6(35-10(29)14(19,20)21)7(36-11(30)15(22,23)24)8(34-4)27-2-1-5(26-32)25-12(27)31/h1-2,4,6-8,32H,3H2,(H,25,26,31)/t4-,6-,7-,8-/m1/s1. The van der Waals surface area contributed by atoms with E-state index in [9.17, 15) is 58.7 Å². The van der Waals surface area contributed by atoms with Gasteiger partial charge in [0.25, 0.3) is 0 Å². The van der Waals surface area contributed by atoms with Crippen LogP contribution in [0.25, 0.3) is 0 Å². The van der Waals surface area contributed by atoms with Gasteiger partial charge >= 0.3 is 42.1 Å². The van der Waals surface area contributed by atoms with Gasteiger partial charge in [0.05, 0.1) is 0 Å². The average molecular weight is 547 g/mol. The normalized spacial score (nSPS) is 22.6. The third-order valence-corrected chi connectivity index (χ3v) is 4.06. The average Bonchev–Trinajstić information content (AvgIpc) is 3.06. The summed E-state index contributed by atoms with van der Waals surface area (Å²) in [4.78, 5) is 48.9. The summed E-state index contributed by atoms with van der Waals surface area (Å²) in [7, 11) is 0. The Balaban J connectivity index is 2.54. The van der Waals surface area contributed by atoms with Crippen LogP contribution in [0, 0.1) is 0 Å². The molecule has 1 aliphatic heterocycles. The molecule has 2 N–H and O–H groups in total. The number of halogens is 9. The van der Waals surface area contributed by atoms with Crippen LogP contribution in [0.3, 0.4) is 0 Å². The number of nitrogens with one attached hydrogen (secondary N) is 1. The summed E-state index contributed by atoms with van der Waals surface area (Å²) in [5.74, 6) is -9.68. The van der Waals surface area contributed by atoms with E-state index in [0.717, 1.165) is 6.07 Å². The zero-order valence-electron chi connectivity index (χ0n) is 16.7. The van der Waals surface area contributed by atoms with E-state index in [1.807, 2.05) is 0 Å². The van der Waals surface area contributed by atoms with E-state index in [-0.39, 0.29) is 4.57 Å². The van der Waals surface area contributed by atoms with E-state index in [4.69, 9.17) is 9.94 Å². The first-order chi connectivity index (χ1) is 16.4. The second-order valence-electron chi connectivity index (χ2n) is 6.51. The van der Waals surface area contributed by atoms with Gasteiger partial charge in [0.1, 0.15) is 12.7 Å². The summed E-state index contributed by atoms with van der Waals surface area (Å²) in [6.45, 7) is -1.69. The summed E-state index contributed by atoms with van der Waals surface area (Å²) >= 11 is 0. The topological polar surface area (TPSA) is 155 Å². The Hall–Kier alpha value is -3.62. The lowest BCUT2D eigenvalue weighted by Gasteiger charge is -2.25. The molecule has 0 unspecified atom stereocenters. The number of ether oxygens (including phenoxy) is 4. The molecule has 12 nitrogen and oxygen atoms in total. The molecule has 0 aliphatic carbocycles. The van der Waals surface area contributed by atoms with Crippen LogP contribution in [0.5, 0.6) is 0 Å². The van der Waals surface area contributed by atoms with Crippen molar-refractivity contribution in [2.45, 2.75) is 43.1 Å². The maximum Gasteiger partial charge on any atom is 0.490 e. The van der Waals surface area contributed by atoms with Gasteiger partial charge in [-0.2, -0.15) is 44.5 Å². The van der Waals surface area contributed by atoms with Gasteiger partial charge in [0, 0.05) is 6.20 Å². The molecule has 2 rings (SSSR count). The van der Waals surface area contributed by atoms with Gasteiger partial charge in [-0.3, -0.25) is 15.3 Å². The van der Waals surface area contributed by atoms with Crippen molar-refractivity contribution in [2.24, 2.45) is 0 Å². The number of aromatic nitrogens is 2. The third-order valence-electron chi connectivity index (χ3n) is 4.06. The van der Waals surface area contributed by atoms with E-state index in [0.29, 0.717) is 6.20 Å². The highest BCUT2D eigenvalue weighted by atomic mass is 19.4. The van der Waals surface area contributed by atoms with Gasteiger partial charge in [-0.1, -0.05) is 0 Å². The number of hydrogen-bond donors (Lipinski definition) is 2. The van der Waals surface area contributed by atoms with Gasteiger partial charge in [-0.25, -0.2) is 19.2 Å². The lowest BCUT2D eigenvalue weighted by molar-refractivity contribution is -0.222. The molecule has 1 saturated heterocycles. The van der Waals surface area contributed by atoms with Crippen LogP contribution in [0.2, 0.25) is 0 Å². The quantitative estimate of drug-likeness (QED) is 0.227. The maximum atomic E-state index is 12.8. The van der Waals surface area contributed by atoms with Crippen molar-refractivity contribution in [2.75, 3.05) is 12.1 Å². The highest BCUT2D eigenvalue weighted by Gasteiger charge is 2.56. The van der Waals surface area contributed by atoms with Crippen molar-refractivity contribution < 1.29 is 78.1 Å². The molecule has 0 amide bonds. The predicted octanol–water partition coefficient (Wildman–Crippen LogP) is 0.995. The number of nitrogens with zero attached hydrogens (tertiary/aromatic N) is 2. The molecule has 202 valence electrons. The van der Waals surface area contributed by atoms with Crippen molar-refractivity contribution in [3.63, 3.8) is 0 Å². The molecular formula is C15H10F9N3O9. The fourth-order valence-corrected chi connectivity index (χ4v) is 2.62. The largest absolute Gasteiger partial charge is 0.490 e. The number of hydrogen-bond acceptors (Lipinski definition) is 11. The molecule has 0 spiro atoms. The van der Waals surface area contributed by atoms with Crippen molar-refractivity contribution in [3.8, 4) is 0 Å². The van der Waals surface area contributed by atoms with E-state index >= 15 is 0 Å². The molecule has 0 saturated carbocycles. The zero-order valence-corrected chi connectivity index (χ0v) is 16.7. The number of carbonyl (C=O) groups excluding carboxylic acids is 3. The van der Waals surface area contributed by atoms with Gasteiger partial charge in [0.2, 0.25) is 0 Å². The zero-order chi connectivity index (χ0) is 27.6. The Bertz CT molecular complexity index is 1050. The second-order valence-corrected chi connectivity index (χ2v) is 6.51. The van der Waals surface area contributed by atoms with Gasteiger partial charge in [0.15, 0.2) is 24.3 Å². The lowest BCUT2D eigenvalue weighted by Crippen LogP contribution is -2.46. The SMILES string of the molecule is O=C(OC[C@H]1O[C@@H](n2ccc(NO)nc2=O)[C@H](OC(=O)C(F)(F)F)[C@@H]1OC(=O)C(F)(F)F)C(F)(F)F. The summed E-state index contributed by atoms with van der Waals surface area (Å²) in [6.07, 6.45) is -27.0. The predicted molar refractivity (Wildman–Crippen MR) is 86.7 cm³/mol. The molecule has 0 bridgehead atoms. The van der Waals surface area contributed by atoms with Crippen LogP contribution in [0.15, 0.2) is 17.1 Å². The fraction of sp³-hybridized carbons (Fsp3) is 0.533. The van der Waals surface area contributed by atoms with Crippen LogP contribution in [0.1, 0.15) is 6.23 Å². The smallest absolute Gasteiger partial charge is 0.456 e. The summed E-state index contributed by atoms with van der Waals surface area (Å²) < 4.78 is 131. The fourth-order valence-electron chi connectivity index (χ4n) is 2.62. The van der Waals surface area contributed by atoms with E-state index < -0.39 is 79.1 Å². The second kappa shape index (κ2) is 10.2. The molecular weight excluding hydrogens is 537 g/mol. The highest BCUT2D eigenvalue weighted by Crippen LogP contribution is 2.36. The first-order valence-corrected chi connectivity index (χ1v) is 8.80. The molecule has 4 atom stereocenters. The minimum Gasteiger partial charge on any atom is -0.456 e. The Morgan fingerprint density at radius 2 is 1.44 bits per heavy atom. The van der Waals surface area contributed by atoms with Crippen LogP contribution in [-0.2, 0) is 33.3 Å². The lowest BCUT2D eigenvalue weighted by atomic mass is 10.1. The number of alkyl halides is 9. The molecule has 0 radical (unpaired) electrons. The maximum absolute atomic E-state index is 12.8. The monoisotopic (exact) mass is 547 g/mol. The number of carbonyl (C=O) groups is 3. The van der Waals surface area contributed by atoms with E-state index in [1.165, 1.54) is 5.48 Å². The van der Waals surface area contributed by atoms with Gasteiger partial charge in [-0.05, 0) is 6.07 Å². The molecule has 1 fully saturated rings. The number of anilines is 1. The molecule has 1 aromatic heterocycles. The minimum absolute atomic E-state index is 0.176. The van der Waals surface area contributed by atoms with Crippen LogP contribution >= 0.6 is 0 Å². The molecule has 0 aromatic carbocycles. The van der Waals surface area contributed by atoms with E-state index in [1.54, 1.807) is 0 Å². The third kappa shape index (κ3) is 6.74. The van der Waals surface area contributed by atoms with Crippen LogP contribution < -0.4 is 11.2 Å². The summed E-state index contributed by atoms with van der Waals surface area (Å²) in [5.41, 5.74) is -0.115. The number of rotatable bonds is 6. The molecule has 1 aromatic rings.